The topological polar surface area (TPSA) is 119 Å². The maximum Gasteiger partial charge on any atom is 0.343 e. The zero-order valence-corrected chi connectivity index (χ0v) is 22.2. The largest absolute Gasteiger partial charge is 0.462 e. The highest BCUT2D eigenvalue weighted by atomic mass is 16.5. The number of unbranched alkanes of at least 4 members (excludes halogenated alkanes) is 2. The van der Waals surface area contributed by atoms with Crippen molar-refractivity contribution in [3.05, 3.63) is 89.5 Å². The third kappa shape index (κ3) is 12.1. The Bertz CT molecular complexity index is 1030. The number of ether oxygens (including phenoxy) is 3. The van der Waals surface area contributed by atoms with Gasteiger partial charge in [0.2, 0.25) is 0 Å². The molecule has 8 heteroatoms. The number of aliphatic hydroxyl groups is 2. The van der Waals surface area contributed by atoms with E-state index in [9.17, 15) is 14.4 Å². The first-order chi connectivity index (χ1) is 18.3. The molecule has 0 aliphatic carbocycles. The summed E-state index contributed by atoms with van der Waals surface area (Å²) in [5.41, 5.74) is 2.71. The molecule has 1 atom stereocenters. The van der Waals surface area contributed by atoms with E-state index in [1.165, 1.54) is 18.4 Å². The maximum atomic E-state index is 12.5. The number of hydrogen-bond acceptors (Lipinski definition) is 8. The van der Waals surface area contributed by atoms with Crippen molar-refractivity contribution in [3.8, 4) is 5.75 Å². The predicted octanol–water partition coefficient (Wildman–Crippen LogP) is 4.19. The molecule has 2 aromatic carbocycles. The Hall–Kier alpha value is -3.59. The molecule has 0 spiro atoms. The number of carbonyl (C=O) groups is 3. The average Bonchev–Trinajstić information content (AvgIpc) is 2.95. The molecule has 0 saturated heterocycles. The molecule has 38 heavy (non-hydrogen) atoms. The van der Waals surface area contributed by atoms with Crippen LogP contribution in [-0.4, -0.2) is 62.0 Å². The van der Waals surface area contributed by atoms with Crippen LogP contribution in [0.5, 0.6) is 5.75 Å². The van der Waals surface area contributed by atoms with Crippen LogP contribution in [0.3, 0.4) is 0 Å². The Morgan fingerprint density at radius 2 is 1.61 bits per heavy atom. The highest BCUT2D eigenvalue weighted by Crippen LogP contribution is 2.20. The van der Waals surface area contributed by atoms with Crippen molar-refractivity contribution < 1.29 is 38.8 Å². The van der Waals surface area contributed by atoms with Gasteiger partial charge in [-0.2, -0.15) is 0 Å². The summed E-state index contributed by atoms with van der Waals surface area (Å²) in [6.07, 6.45) is 5.10. The monoisotopic (exact) mass is 526 g/mol. The van der Waals surface area contributed by atoms with Crippen LogP contribution in [-0.2, 0) is 25.5 Å². The van der Waals surface area contributed by atoms with Gasteiger partial charge in [-0.15, -0.1) is 0 Å². The Labute approximate surface area is 224 Å². The summed E-state index contributed by atoms with van der Waals surface area (Å²) >= 11 is 0. The van der Waals surface area contributed by atoms with Gasteiger partial charge in [-0.25, -0.2) is 9.59 Å². The molecule has 0 aliphatic rings. The van der Waals surface area contributed by atoms with Gasteiger partial charge in [0.05, 0.1) is 31.0 Å². The summed E-state index contributed by atoms with van der Waals surface area (Å²) in [5, 5.41) is 17.0. The van der Waals surface area contributed by atoms with Gasteiger partial charge < -0.3 is 24.4 Å². The van der Waals surface area contributed by atoms with Gasteiger partial charge in [0, 0.05) is 18.6 Å². The quantitative estimate of drug-likeness (QED) is 0.117. The average molecular weight is 527 g/mol. The van der Waals surface area contributed by atoms with E-state index in [2.05, 4.69) is 20.1 Å². The molecule has 0 saturated carbocycles. The number of aldehydes is 1. The van der Waals surface area contributed by atoms with E-state index in [0.29, 0.717) is 24.2 Å². The van der Waals surface area contributed by atoms with Gasteiger partial charge in [-0.05, 0) is 48.2 Å². The Morgan fingerprint density at radius 3 is 2.11 bits per heavy atom. The standard InChI is InChI=1S/C26H32O6.C4H6O2/c1-4-5-6-7-20-8-14-24(15-9-20)32-26(29)22-12-10-21(11-13-22)23(17-30-3)18-31-25(28)19(2)16-27;1-4(2-5)3-6/h8-15,23,27H,2,4-7,16-18H2,1,3H3;2,6H,1,3H2. The number of benzene rings is 2. The second-order valence-corrected chi connectivity index (χ2v) is 8.56. The van der Waals surface area contributed by atoms with Crippen LogP contribution in [0.4, 0.5) is 0 Å². The molecule has 206 valence electrons. The first-order valence-electron chi connectivity index (χ1n) is 12.4. The van der Waals surface area contributed by atoms with Gasteiger partial charge in [0.1, 0.15) is 18.6 Å². The SMILES string of the molecule is C=C(C=O)CO.C=C(CO)C(=O)OCC(COC)c1ccc(C(=O)Oc2ccc(CCCCC)cc2)cc1. The molecule has 0 aromatic heterocycles. The second kappa shape index (κ2) is 18.6. The van der Waals surface area contributed by atoms with E-state index >= 15 is 0 Å². The molecule has 2 N–H and O–H groups in total. The summed E-state index contributed by atoms with van der Waals surface area (Å²) in [5.74, 6) is -0.804. The smallest absolute Gasteiger partial charge is 0.343 e. The van der Waals surface area contributed by atoms with E-state index in [1.807, 2.05) is 24.3 Å². The molecular formula is C30H38O8. The minimum Gasteiger partial charge on any atom is -0.462 e. The van der Waals surface area contributed by atoms with E-state index < -0.39 is 18.5 Å². The molecule has 0 heterocycles. The second-order valence-electron chi connectivity index (χ2n) is 8.56. The molecule has 2 rings (SSSR count). The fraction of sp³-hybridized carbons (Fsp3) is 0.367. The minimum absolute atomic E-state index is 0.00625. The summed E-state index contributed by atoms with van der Waals surface area (Å²) in [6.45, 7) is 8.51. The molecule has 2 aromatic rings. The van der Waals surface area contributed by atoms with Crippen LogP contribution in [0.1, 0.15) is 53.6 Å². The van der Waals surface area contributed by atoms with Gasteiger partial charge in [-0.1, -0.05) is 57.2 Å². The van der Waals surface area contributed by atoms with E-state index in [-0.39, 0.29) is 30.3 Å². The van der Waals surface area contributed by atoms with Crippen molar-refractivity contribution in [3.63, 3.8) is 0 Å². The maximum absolute atomic E-state index is 12.5. The van der Waals surface area contributed by atoms with Crippen LogP contribution in [0.15, 0.2) is 72.8 Å². The molecule has 0 radical (unpaired) electrons. The number of hydrogen-bond donors (Lipinski definition) is 2. The lowest BCUT2D eigenvalue weighted by atomic mass is 9.99. The minimum atomic E-state index is -0.648. The zero-order valence-electron chi connectivity index (χ0n) is 22.2. The van der Waals surface area contributed by atoms with Crippen molar-refractivity contribution in [1.29, 1.82) is 0 Å². The van der Waals surface area contributed by atoms with Crippen molar-refractivity contribution in [2.24, 2.45) is 0 Å². The molecule has 0 bridgehead atoms. The first kappa shape index (κ1) is 32.4. The van der Waals surface area contributed by atoms with E-state index in [0.717, 1.165) is 18.4 Å². The molecule has 0 amide bonds. The number of aliphatic hydroxyl groups excluding tert-OH is 2. The van der Waals surface area contributed by atoms with Crippen LogP contribution in [0, 0.1) is 0 Å². The molecule has 0 fully saturated rings. The van der Waals surface area contributed by atoms with Crippen molar-refractivity contribution in [1.82, 2.24) is 0 Å². The normalized spacial score (nSPS) is 10.9. The Balaban J connectivity index is 0.00000107. The predicted molar refractivity (Wildman–Crippen MR) is 145 cm³/mol. The highest BCUT2D eigenvalue weighted by molar-refractivity contribution is 5.91. The van der Waals surface area contributed by atoms with Gasteiger partial charge in [0.25, 0.3) is 0 Å². The van der Waals surface area contributed by atoms with E-state index in [4.69, 9.17) is 24.4 Å². The van der Waals surface area contributed by atoms with Crippen LogP contribution in [0.2, 0.25) is 0 Å². The fourth-order valence-corrected chi connectivity index (χ4v) is 3.18. The summed E-state index contributed by atoms with van der Waals surface area (Å²) < 4.78 is 15.9. The van der Waals surface area contributed by atoms with Gasteiger partial charge in [-0.3, -0.25) is 4.79 Å². The fourth-order valence-electron chi connectivity index (χ4n) is 3.18. The third-order valence-electron chi connectivity index (χ3n) is 5.45. The first-order valence-corrected chi connectivity index (χ1v) is 12.4. The summed E-state index contributed by atoms with van der Waals surface area (Å²) in [4.78, 5) is 33.7. The van der Waals surface area contributed by atoms with Crippen LogP contribution < -0.4 is 4.74 Å². The Kier molecular flexibility index (Phi) is 15.9. The lowest BCUT2D eigenvalue weighted by molar-refractivity contribution is -0.140. The summed E-state index contributed by atoms with van der Waals surface area (Å²) in [6, 6.07) is 14.5. The number of methoxy groups -OCH3 is 1. The number of esters is 2. The van der Waals surface area contributed by atoms with E-state index in [1.54, 1.807) is 31.4 Å². The third-order valence-corrected chi connectivity index (χ3v) is 5.45. The van der Waals surface area contributed by atoms with Crippen molar-refractivity contribution in [2.45, 2.75) is 38.5 Å². The number of carbonyl (C=O) groups excluding carboxylic acids is 3. The Morgan fingerprint density at radius 1 is 0.947 bits per heavy atom. The van der Waals surface area contributed by atoms with Gasteiger partial charge >= 0.3 is 11.9 Å². The van der Waals surface area contributed by atoms with Crippen LogP contribution in [0.25, 0.3) is 0 Å². The molecule has 8 nitrogen and oxygen atoms in total. The van der Waals surface area contributed by atoms with Gasteiger partial charge in [0.15, 0.2) is 0 Å². The highest BCUT2D eigenvalue weighted by Gasteiger charge is 2.17. The number of aryl methyl sites for hydroxylation is 1. The van der Waals surface area contributed by atoms with Crippen molar-refractivity contribution in [2.75, 3.05) is 33.5 Å². The lowest BCUT2D eigenvalue weighted by Gasteiger charge is -2.17. The zero-order chi connectivity index (χ0) is 28.3. The molecule has 1 unspecified atom stereocenters. The molecular weight excluding hydrogens is 488 g/mol. The van der Waals surface area contributed by atoms with Crippen LogP contribution >= 0.6 is 0 Å². The lowest BCUT2D eigenvalue weighted by Crippen LogP contribution is -2.19. The summed E-state index contributed by atoms with van der Waals surface area (Å²) in [7, 11) is 1.56. The van der Waals surface area contributed by atoms with Crippen molar-refractivity contribution >= 4 is 18.2 Å². The molecule has 0 aliphatic heterocycles. The number of rotatable bonds is 15.